The Morgan fingerprint density at radius 2 is 1.56 bits per heavy atom. The highest BCUT2D eigenvalue weighted by Gasteiger charge is 2.24. The van der Waals surface area contributed by atoms with Gasteiger partial charge in [-0.3, -0.25) is 0 Å². The summed E-state index contributed by atoms with van der Waals surface area (Å²) in [4.78, 5) is 2.34. The zero-order valence-corrected chi connectivity index (χ0v) is 19.0. The fourth-order valence-corrected chi connectivity index (χ4v) is 4.73. The van der Waals surface area contributed by atoms with Crippen LogP contribution in [0.5, 0.6) is 5.75 Å². The molecule has 34 heavy (non-hydrogen) atoms. The van der Waals surface area contributed by atoms with E-state index in [2.05, 4.69) is 22.4 Å². The van der Waals surface area contributed by atoms with Gasteiger partial charge in [0.1, 0.15) is 23.6 Å². The average molecular weight is 459 g/mol. The topological polar surface area (TPSA) is 24.5 Å². The van der Waals surface area contributed by atoms with Gasteiger partial charge < -0.3 is 15.0 Å². The second kappa shape index (κ2) is 10.2. The van der Waals surface area contributed by atoms with Crippen LogP contribution in [0.25, 0.3) is 0 Å². The molecule has 2 aliphatic rings. The Kier molecular flexibility index (Phi) is 6.72. The van der Waals surface area contributed by atoms with Gasteiger partial charge in [-0.05, 0) is 66.4 Å². The second-order valence-electron chi connectivity index (χ2n) is 8.81. The minimum Gasteiger partial charge on any atom is -0.462 e. The smallest absolute Gasteiger partial charge is 0.131 e. The van der Waals surface area contributed by atoms with E-state index in [0.717, 1.165) is 61.6 Å². The molecule has 0 atom stereocenters. The number of ether oxygens (including phenoxy) is 1. The quantitative estimate of drug-likeness (QED) is 0.410. The van der Waals surface area contributed by atoms with E-state index in [9.17, 15) is 8.78 Å². The Hall–Kier alpha value is -3.44. The highest BCUT2D eigenvalue weighted by molar-refractivity contribution is 5.42. The Morgan fingerprint density at radius 1 is 0.882 bits per heavy atom. The van der Waals surface area contributed by atoms with Crippen LogP contribution >= 0.6 is 0 Å². The van der Waals surface area contributed by atoms with E-state index in [1.807, 2.05) is 48.7 Å². The maximum Gasteiger partial charge on any atom is 0.131 e. The van der Waals surface area contributed by atoms with E-state index in [4.69, 9.17) is 4.74 Å². The molecule has 2 heterocycles. The van der Waals surface area contributed by atoms with Crippen molar-refractivity contribution in [2.24, 2.45) is 0 Å². The molecule has 3 nitrogen and oxygen atoms in total. The first-order valence-electron chi connectivity index (χ1n) is 11.8. The molecule has 0 radical (unpaired) electrons. The molecule has 0 fully saturated rings. The molecule has 5 rings (SSSR count). The van der Waals surface area contributed by atoms with Crippen molar-refractivity contribution in [2.45, 2.75) is 25.3 Å². The summed E-state index contributed by atoms with van der Waals surface area (Å²) >= 11 is 0. The number of nitrogens with zero attached hydrogens (tertiary/aromatic N) is 1. The standard InChI is InChI=1S/C29H28F2N2O/c30-25-11-7-21(8-12-25)27(22-9-13-26(31)14-10-22)5-3-16-32-18-23-15-17-33-19-24-4-1-2-6-29(24)34-20-28(23)33/h1-2,4,6-15,20,27,32H,3,5,16-19H2. The van der Waals surface area contributed by atoms with Gasteiger partial charge in [-0.15, -0.1) is 0 Å². The summed E-state index contributed by atoms with van der Waals surface area (Å²) in [6.07, 6.45) is 5.95. The van der Waals surface area contributed by atoms with Crippen LogP contribution in [0.3, 0.4) is 0 Å². The molecular weight excluding hydrogens is 430 g/mol. The fourth-order valence-electron chi connectivity index (χ4n) is 4.73. The van der Waals surface area contributed by atoms with Gasteiger partial charge >= 0.3 is 0 Å². The third-order valence-corrected chi connectivity index (χ3v) is 6.57. The first kappa shape index (κ1) is 22.4. The van der Waals surface area contributed by atoms with Crippen molar-refractivity contribution in [3.05, 3.63) is 125 Å². The SMILES string of the molecule is Fc1ccc(C(CCCNCC2=CCN3Cc4ccccc4OC=C23)c2ccc(F)cc2)cc1. The highest BCUT2D eigenvalue weighted by Crippen LogP contribution is 2.32. The lowest BCUT2D eigenvalue weighted by atomic mass is 9.87. The maximum absolute atomic E-state index is 13.4. The third kappa shape index (κ3) is 5.05. The van der Waals surface area contributed by atoms with Crippen molar-refractivity contribution >= 4 is 0 Å². The van der Waals surface area contributed by atoms with Gasteiger partial charge in [0.15, 0.2) is 0 Å². The van der Waals surface area contributed by atoms with Gasteiger partial charge in [-0.2, -0.15) is 0 Å². The largest absolute Gasteiger partial charge is 0.462 e. The molecule has 0 saturated carbocycles. The minimum absolute atomic E-state index is 0.0978. The Morgan fingerprint density at radius 3 is 2.26 bits per heavy atom. The van der Waals surface area contributed by atoms with Crippen molar-refractivity contribution in [3.8, 4) is 5.75 Å². The molecule has 0 amide bonds. The predicted molar refractivity (Wildman–Crippen MR) is 130 cm³/mol. The van der Waals surface area contributed by atoms with Gasteiger partial charge in [0, 0.05) is 31.1 Å². The molecule has 0 bridgehead atoms. The summed E-state index contributed by atoms with van der Waals surface area (Å²) in [7, 11) is 0. The van der Waals surface area contributed by atoms with E-state index in [0.29, 0.717) is 0 Å². The number of nitrogens with one attached hydrogen (secondary N) is 1. The van der Waals surface area contributed by atoms with Crippen LogP contribution in [0, 0.1) is 11.6 Å². The zero-order valence-electron chi connectivity index (χ0n) is 19.0. The summed E-state index contributed by atoms with van der Waals surface area (Å²) in [5.41, 5.74) is 5.68. The summed E-state index contributed by atoms with van der Waals surface area (Å²) in [5.74, 6) is 0.522. The first-order valence-corrected chi connectivity index (χ1v) is 11.8. The lowest BCUT2D eigenvalue weighted by Crippen LogP contribution is -2.22. The number of halogens is 2. The summed E-state index contributed by atoms with van der Waals surface area (Å²) < 4.78 is 32.8. The van der Waals surface area contributed by atoms with Crippen LogP contribution < -0.4 is 10.1 Å². The Labute approximate surface area is 199 Å². The maximum atomic E-state index is 13.4. The average Bonchev–Trinajstić information content (AvgIpc) is 3.13. The minimum atomic E-state index is -0.248. The van der Waals surface area contributed by atoms with Crippen LogP contribution in [0.2, 0.25) is 0 Å². The van der Waals surface area contributed by atoms with Gasteiger partial charge in [0.25, 0.3) is 0 Å². The highest BCUT2D eigenvalue weighted by atomic mass is 19.1. The molecule has 0 aliphatic carbocycles. The fraction of sp³-hybridized carbons (Fsp3) is 0.241. The van der Waals surface area contributed by atoms with Gasteiger partial charge in [-0.1, -0.05) is 48.5 Å². The van der Waals surface area contributed by atoms with Crippen molar-refractivity contribution in [1.82, 2.24) is 10.2 Å². The van der Waals surface area contributed by atoms with Crippen molar-refractivity contribution in [2.75, 3.05) is 19.6 Å². The number of hydrogen-bond acceptors (Lipinski definition) is 3. The molecule has 3 aromatic carbocycles. The summed E-state index contributed by atoms with van der Waals surface area (Å²) in [6.45, 7) is 3.36. The van der Waals surface area contributed by atoms with E-state index < -0.39 is 0 Å². The van der Waals surface area contributed by atoms with E-state index >= 15 is 0 Å². The summed E-state index contributed by atoms with van der Waals surface area (Å²) in [6, 6.07) is 21.4. The number of hydrogen-bond donors (Lipinski definition) is 1. The molecular formula is C29H28F2N2O. The molecule has 0 spiro atoms. The number of fused-ring (bicyclic) bond motifs is 2. The van der Waals surface area contributed by atoms with Crippen molar-refractivity contribution in [1.29, 1.82) is 0 Å². The van der Waals surface area contributed by atoms with Crippen molar-refractivity contribution < 1.29 is 13.5 Å². The molecule has 0 saturated heterocycles. The number of para-hydroxylation sites is 1. The number of rotatable bonds is 8. The molecule has 0 aromatic heterocycles. The van der Waals surface area contributed by atoms with Crippen LogP contribution in [-0.2, 0) is 6.54 Å². The second-order valence-corrected chi connectivity index (χ2v) is 8.81. The van der Waals surface area contributed by atoms with Crippen LogP contribution in [-0.4, -0.2) is 24.5 Å². The zero-order chi connectivity index (χ0) is 23.3. The van der Waals surface area contributed by atoms with E-state index in [1.165, 1.54) is 35.4 Å². The monoisotopic (exact) mass is 458 g/mol. The van der Waals surface area contributed by atoms with Gasteiger partial charge in [0.2, 0.25) is 0 Å². The Balaban J connectivity index is 1.16. The molecule has 5 heteroatoms. The van der Waals surface area contributed by atoms with E-state index in [1.54, 1.807) is 0 Å². The van der Waals surface area contributed by atoms with Gasteiger partial charge in [-0.25, -0.2) is 8.78 Å². The van der Waals surface area contributed by atoms with Crippen molar-refractivity contribution in [3.63, 3.8) is 0 Å². The molecule has 3 aromatic rings. The van der Waals surface area contributed by atoms with Crippen LogP contribution in [0.1, 0.15) is 35.4 Å². The molecule has 1 N–H and O–H groups in total. The normalized spacial score (nSPS) is 14.7. The van der Waals surface area contributed by atoms with Gasteiger partial charge in [0.05, 0.1) is 5.70 Å². The molecule has 174 valence electrons. The number of benzene rings is 3. The molecule has 0 unspecified atom stereocenters. The molecule has 2 aliphatic heterocycles. The lowest BCUT2D eigenvalue weighted by molar-refractivity contribution is 0.395. The Bertz CT molecular complexity index is 1140. The third-order valence-electron chi connectivity index (χ3n) is 6.57. The summed E-state index contributed by atoms with van der Waals surface area (Å²) in [5, 5.41) is 3.57. The predicted octanol–water partition coefficient (Wildman–Crippen LogP) is 6.14. The van der Waals surface area contributed by atoms with Crippen LogP contribution in [0.4, 0.5) is 8.78 Å². The van der Waals surface area contributed by atoms with E-state index in [-0.39, 0.29) is 17.6 Å². The van der Waals surface area contributed by atoms with Crippen LogP contribution in [0.15, 0.2) is 96.4 Å². The lowest BCUT2D eigenvalue weighted by Gasteiger charge is -2.20. The first-order chi connectivity index (χ1) is 16.7.